The highest BCUT2D eigenvalue weighted by Crippen LogP contribution is 2.25. The first-order valence-electron chi connectivity index (χ1n) is 5.86. The third-order valence-electron chi connectivity index (χ3n) is 2.87. The van der Waals surface area contributed by atoms with Crippen LogP contribution < -0.4 is 10.6 Å². The van der Waals surface area contributed by atoms with Gasteiger partial charge in [-0.05, 0) is 49.9 Å². The molecule has 1 saturated carbocycles. The Labute approximate surface area is 110 Å². The second kappa shape index (κ2) is 5.08. The van der Waals surface area contributed by atoms with E-state index in [-0.39, 0.29) is 5.91 Å². The third-order valence-corrected chi connectivity index (χ3v) is 3.32. The molecule has 0 heterocycles. The van der Waals surface area contributed by atoms with Gasteiger partial charge in [0.2, 0.25) is 5.91 Å². The lowest BCUT2D eigenvalue weighted by molar-refractivity contribution is -0.119. The number of rotatable bonds is 4. The van der Waals surface area contributed by atoms with Gasteiger partial charge in [-0.15, -0.1) is 0 Å². The lowest BCUT2D eigenvalue weighted by atomic mass is 10.1. The smallest absolute Gasteiger partial charge is 0.239 e. The SMILES string of the molecule is Cc1cc(Br)cc(C)c1NCC(=O)NC1CC1. The largest absolute Gasteiger partial charge is 0.376 e. The molecule has 1 aliphatic rings. The number of carbonyl (C=O) groups is 1. The molecule has 0 aliphatic heterocycles. The summed E-state index contributed by atoms with van der Waals surface area (Å²) in [6.45, 7) is 4.43. The molecule has 0 bridgehead atoms. The second-order valence-electron chi connectivity index (χ2n) is 4.61. The quantitative estimate of drug-likeness (QED) is 0.897. The van der Waals surface area contributed by atoms with Crippen LogP contribution in [0, 0.1) is 13.8 Å². The third kappa shape index (κ3) is 3.46. The Morgan fingerprint density at radius 2 is 1.94 bits per heavy atom. The summed E-state index contributed by atoms with van der Waals surface area (Å²) in [5.41, 5.74) is 3.35. The van der Waals surface area contributed by atoms with E-state index < -0.39 is 0 Å². The summed E-state index contributed by atoms with van der Waals surface area (Å²) < 4.78 is 1.07. The van der Waals surface area contributed by atoms with Gasteiger partial charge in [0.15, 0.2) is 0 Å². The fraction of sp³-hybridized carbons (Fsp3) is 0.462. The van der Waals surface area contributed by atoms with Gasteiger partial charge in [0.1, 0.15) is 0 Å². The van der Waals surface area contributed by atoms with E-state index in [0.717, 1.165) is 34.1 Å². The van der Waals surface area contributed by atoms with Gasteiger partial charge >= 0.3 is 0 Å². The van der Waals surface area contributed by atoms with E-state index in [2.05, 4.69) is 26.6 Å². The lowest BCUT2D eigenvalue weighted by Crippen LogP contribution is -2.31. The van der Waals surface area contributed by atoms with Crippen LogP contribution >= 0.6 is 15.9 Å². The van der Waals surface area contributed by atoms with Gasteiger partial charge in [-0.1, -0.05) is 15.9 Å². The van der Waals surface area contributed by atoms with Gasteiger partial charge in [-0.2, -0.15) is 0 Å². The Kier molecular flexibility index (Phi) is 3.72. The number of aryl methyl sites for hydroxylation is 2. The minimum absolute atomic E-state index is 0.0780. The first-order valence-corrected chi connectivity index (χ1v) is 6.65. The summed E-state index contributed by atoms with van der Waals surface area (Å²) in [4.78, 5) is 11.6. The maximum absolute atomic E-state index is 11.6. The van der Waals surface area contributed by atoms with Crippen molar-refractivity contribution in [1.29, 1.82) is 0 Å². The Balaban J connectivity index is 1.95. The van der Waals surface area contributed by atoms with Gasteiger partial charge in [0.25, 0.3) is 0 Å². The summed E-state index contributed by atoms with van der Waals surface area (Å²) in [5, 5.41) is 6.17. The lowest BCUT2D eigenvalue weighted by Gasteiger charge is -2.13. The fourth-order valence-electron chi connectivity index (χ4n) is 1.86. The van der Waals surface area contributed by atoms with E-state index in [1.54, 1.807) is 0 Å². The Hall–Kier alpha value is -1.03. The molecule has 4 heteroatoms. The van der Waals surface area contributed by atoms with Crippen molar-refractivity contribution in [2.45, 2.75) is 32.7 Å². The number of nitrogens with one attached hydrogen (secondary N) is 2. The molecular weight excluding hydrogens is 280 g/mol. The van der Waals surface area contributed by atoms with Gasteiger partial charge in [-0.3, -0.25) is 4.79 Å². The Morgan fingerprint density at radius 3 is 2.47 bits per heavy atom. The number of benzene rings is 1. The molecule has 0 aromatic heterocycles. The van der Waals surface area contributed by atoms with Gasteiger partial charge in [0.05, 0.1) is 6.54 Å². The van der Waals surface area contributed by atoms with Crippen LogP contribution in [0.5, 0.6) is 0 Å². The molecule has 2 rings (SSSR count). The summed E-state index contributed by atoms with van der Waals surface area (Å²) in [6.07, 6.45) is 2.25. The minimum atomic E-state index is 0.0780. The van der Waals surface area contributed by atoms with Gasteiger partial charge < -0.3 is 10.6 Å². The van der Waals surface area contributed by atoms with E-state index in [1.165, 1.54) is 0 Å². The number of hydrogen-bond acceptors (Lipinski definition) is 2. The van der Waals surface area contributed by atoms with Crippen LogP contribution in [-0.4, -0.2) is 18.5 Å². The van der Waals surface area contributed by atoms with E-state index in [9.17, 15) is 4.79 Å². The predicted octanol–water partition coefficient (Wildman–Crippen LogP) is 2.76. The molecule has 2 N–H and O–H groups in total. The average Bonchev–Trinajstić information content (AvgIpc) is 2.99. The van der Waals surface area contributed by atoms with E-state index in [1.807, 2.05) is 26.0 Å². The summed E-state index contributed by atoms with van der Waals surface area (Å²) in [5.74, 6) is 0.0780. The molecule has 0 spiro atoms. The number of hydrogen-bond donors (Lipinski definition) is 2. The standard InChI is InChI=1S/C13H17BrN2O/c1-8-5-10(14)6-9(2)13(8)15-7-12(17)16-11-3-4-11/h5-6,11,15H,3-4,7H2,1-2H3,(H,16,17). The van der Waals surface area contributed by atoms with Crippen LogP contribution in [-0.2, 0) is 4.79 Å². The summed E-state index contributed by atoms with van der Waals surface area (Å²) in [7, 11) is 0. The van der Waals surface area contributed by atoms with Crippen molar-refractivity contribution < 1.29 is 4.79 Å². The molecule has 92 valence electrons. The van der Waals surface area contributed by atoms with Gasteiger partial charge in [-0.25, -0.2) is 0 Å². The monoisotopic (exact) mass is 296 g/mol. The van der Waals surface area contributed by atoms with Gasteiger partial charge in [0, 0.05) is 16.2 Å². The first kappa shape index (κ1) is 12.4. The van der Waals surface area contributed by atoms with Crippen molar-refractivity contribution >= 4 is 27.5 Å². The van der Waals surface area contributed by atoms with Crippen LogP contribution in [0.25, 0.3) is 0 Å². The highest BCUT2D eigenvalue weighted by molar-refractivity contribution is 9.10. The first-order chi connectivity index (χ1) is 8.06. The van der Waals surface area contributed by atoms with Crippen molar-refractivity contribution in [3.05, 3.63) is 27.7 Å². The Bertz CT molecular complexity index is 418. The average molecular weight is 297 g/mol. The topological polar surface area (TPSA) is 41.1 Å². The van der Waals surface area contributed by atoms with Crippen molar-refractivity contribution in [2.24, 2.45) is 0 Å². The number of anilines is 1. The number of halogens is 1. The van der Waals surface area contributed by atoms with E-state index >= 15 is 0 Å². The zero-order valence-corrected chi connectivity index (χ0v) is 11.7. The maximum atomic E-state index is 11.6. The molecular formula is C13H17BrN2O. The van der Waals surface area contributed by atoms with Crippen LogP contribution in [0.4, 0.5) is 5.69 Å². The number of carbonyl (C=O) groups excluding carboxylic acids is 1. The molecule has 0 radical (unpaired) electrons. The van der Waals surface area contributed by atoms with Crippen LogP contribution in [0.2, 0.25) is 0 Å². The highest BCUT2D eigenvalue weighted by Gasteiger charge is 2.22. The molecule has 1 aromatic rings. The summed E-state index contributed by atoms with van der Waals surface area (Å²) in [6, 6.07) is 4.53. The van der Waals surface area contributed by atoms with Crippen molar-refractivity contribution in [3.8, 4) is 0 Å². The Morgan fingerprint density at radius 1 is 1.35 bits per heavy atom. The molecule has 3 nitrogen and oxygen atoms in total. The molecule has 0 saturated heterocycles. The minimum Gasteiger partial charge on any atom is -0.376 e. The molecule has 1 aliphatic carbocycles. The molecule has 1 amide bonds. The summed E-state index contributed by atoms with van der Waals surface area (Å²) >= 11 is 3.46. The normalized spacial score (nSPS) is 14.5. The zero-order chi connectivity index (χ0) is 12.4. The van der Waals surface area contributed by atoms with Crippen LogP contribution in [0.3, 0.4) is 0 Å². The highest BCUT2D eigenvalue weighted by atomic mass is 79.9. The second-order valence-corrected chi connectivity index (χ2v) is 5.53. The number of amides is 1. The van der Waals surface area contributed by atoms with Crippen molar-refractivity contribution in [3.63, 3.8) is 0 Å². The molecule has 0 unspecified atom stereocenters. The van der Waals surface area contributed by atoms with E-state index in [0.29, 0.717) is 12.6 Å². The van der Waals surface area contributed by atoms with Crippen molar-refractivity contribution in [1.82, 2.24) is 5.32 Å². The molecule has 1 fully saturated rings. The maximum Gasteiger partial charge on any atom is 0.239 e. The van der Waals surface area contributed by atoms with E-state index in [4.69, 9.17) is 0 Å². The van der Waals surface area contributed by atoms with Crippen molar-refractivity contribution in [2.75, 3.05) is 11.9 Å². The fourth-order valence-corrected chi connectivity index (χ4v) is 2.55. The zero-order valence-electron chi connectivity index (χ0n) is 10.1. The van der Waals surface area contributed by atoms with Crippen LogP contribution in [0.15, 0.2) is 16.6 Å². The predicted molar refractivity (Wildman–Crippen MR) is 73.3 cm³/mol. The van der Waals surface area contributed by atoms with Crippen LogP contribution in [0.1, 0.15) is 24.0 Å². The molecule has 17 heavy (non-hydrogen) atoms. The molecule has 0 atom stereocenters. The molecule has 1 aromatic carbocycles.